The minimum absolute atomic E-state index is 0.727. The van der Waals surface area contributed by atoms with Crippen LogP contribution in [0.15, 0.2) is 0 Å². The van der Waals surface area contributed by atoms with Crippen LogP contribution in [0.4, 0.5) is 0 Å². The molecule has 2 atom stereocenters. The molecule has 1 fully saturated rings. The van der Waals surface area contributed by atoms with Crippen molar-refractivity contribution in [1.29, 1.82) is 0 Å². The molecule has 1 aliphatic rings. The van der Waals surface area contributed by atoms with Crippen molar-refractivity contribution in [2.45, 2.75) is 33.2 Å². The van der Waals surface area contributed by atoms with E-state index in [0.29, 0.717) is 0 Å². The molecule has 0 aliphatic carbocycles. The summed E-state index contributed by atoms with van der Waals surface area (Å²) < 4.78 is 2.46. The molecule has 14 heavy (non-hydrogen) atoms. The fourth-order valence-corrected chi connectivity index (χ4v) is 2.49. The number of quaternary nitrogens is 1. The third-order valence-electron chi connectivity index (χ3n) is 3.34. The van der Waals surface area contributed by atoms with E-state index in [2.05, 4.69) is 44.3 Å². The lowest BCUT2D eigenvalue weighted by molar-refractivity contribution is -0.807. The van der Waals surface area contributed by atoms with E-state index in [-0.39, 0.29) is 0 Å². The standard InChI is InChI=1S/C11H24N3/c1-6-10-9-12(4)11(13(10)5)14(7-2)8-3/h10H,6-9H2,1-5H3/q+1/p+1. The van der Waals surface area contributed by atoms with Gasteiger partial charge in [-0.1, -0.05) is 6.92 Å². The molecule has 1 heterocycles. The number of rotatable bonds is 3. The summed E-state index contributed by atoms with van der Waals surface area (Å²) in [4.78, 5) is 4.02. The fourth-order valence-electron chi connectivity index (χ4n) is 2.49. The van der Waals surface area contributed by atoms with Gasteiger partial charge in [-0.05, 0) is 20.3 Å². The van der Waals surface area contributed by atoms with Gasteiger partial charge in [0.25, 0.3) is 0 Å². The summed E-state index contributed by atoms with van der Waals surface area (Å²) in [6.07, 6.45) is 1.25. The second kappa shape index (κ2) is 4.78. The first-order valence-corrected chi connectivity index (χ1v) is 5.83. The number of likely N-dealkylation sites (N-methyl/N-ethyl adjacent to an activating group) is 2. The van der Waals surface area contributed by atoms with Crippen molar-refractivity contribution in [1.82, 2.24) is 4.90 Å². The van der Waals surface area contributed by atoms with Gasteiger partial charge < -0.3 is 0 Å². The Balaban J connectivity index is 2.93. The molecule has 3 heteroatoms. The number of nitrogens with one attached hydrogen (secondary N) is 1. The Hall–Kier alpha value is -0.570. The Morgan fingerprint density at radius 2 is 1.93 bits per heavy atom. The molecule has 0 spiro atoms. The summed E-state index contributed by atoms with van der Waals surface area (Å²) in [5.74, 6) is 1.47. The van der Waals surface area contributed by atoms with Gasteiger partial charge in [-0.25, -0.2) is 14.4 Å². The van der Waals surface area contributed by atoms with Crippen LogP contribution in [0, 0.1) is 0 Å². The fraction of sp³-hybridized carbons (Fsp3) is 0.909. The van der Waals surface area contributed by atoms with Crippen LogP contribution >= 0.6 is 0 Å². The maximum absolute atomic E-state index is 2.46. The smallest absolute Gasteiger partial charge is 0.230 e. The van der Waals surface area contributed by atoms with Gasteiger partial charge in [-0.3, -0.25) is 0 Å². The van der Waals surface area contributed by atoms with Crippen LogP contribution in [0.2, 0.25) is 0 Å². The molecule has 1 N–H and O–H groups in total. The molecule has 0 bridgehead atoms. The van der Waals surface area contributed by atoms with E-state index in [9.17, 15) is 0 Å². The predicted octanol–water partition coefficient (Wildman–Crippen LogP) is -0.367. The normalized spacial score (nSPS) is 27.2. The lowest BCUT2D eigenvalue weighted by atomic mass is 10.2. The molecule has 0 aromatic heterocycles. The Kier molecular flexibility index (Phi) is 3.93. The summed E-state index contributed by atoms with van der Waals surface area (Å²) in [6, 6.07) is 0.727. The van der Waals surface area contributed by atoms with E-state index in [1.54, 1.807) is 4.90 Å². The van der Waals surface area contributed by atoms with Crippen molar-refractivity contribution in [3.63, 3.8) is 0 Å². The topological polar surface area (TPSA) is 10.7 Å². The van der Waals surface area contributed by atoms with E-state index in [1.807, 2.05) is 0 Å². The van der Waals surface area contributed by atoms with Gasteiger partial charge in [0.1, 0.15) is 6.54 Å². The Morgan fingerprint density at radius 3 is 2.29 bits per heavy atom. The van der Waals surface area contributed by atoms with E-state index in [0.717, 1.165) is 19.1 Å². The molecular weight excluding hydrogens is 174 g/mol. The largest absolute Gasteiger partial charge is 0.444 e. The molecule has 0 aromatic rings. The van der Waals surface area contributed by atoms with E-state index < -0.39 is 0 Å². The highest BCUT2D eigenvalue weighted by atomic mass is 15.5. The SMILES string of the molecule is CCC1C[NH+](C)C(=[N+](CC)CC)N1C. The first kappa shape index (κ1) is 11.5. The first-order valence-electron chi connectivity index (χ1n) is 5.83. The average molecular weight is 199 g/mol. The molecule has 1 saturated heterocycles. The number of guanidine groups is 1. The maximum Gasteiger partial charge on any atom is 0.444 e. The summed E-state index contributed by atoms with van der Waals surface area (Å²) in [7, 11) is 4.51. The molecule has 1 rings (SSSR count). The number of hydrogen-bond donors (Lipinski definition) is 1. The van der Waals surface area contributed by atoms with Crippen LogP contribution in [-0.4, -0.2) is 55.2 Å². The van der Waals surface area contributed by atoms with Crippen molar-refractivity contribution in [2.75, 3.05) is 33.7 Å². The zero-order valence-corrected chi connectivity index (χ0v) is 10.3. The summed E-state index contributed by atoms with van der Waals surface area (Å²) >= 11 is 0. The Morgan fingerprint density at radius 1 is 1.36 bits per heavy atom. The van der Waals surface area contributed by atoms with Crippen LogP contribution < -0.4 is 4.90 Å². The van der Waals surface area contributed by atoms with E-state index in [4.69, 9.17) is 0 Å². The quantitative estimate of drug-likeness (QED) is 0.611. The van der Waals surface area contributed by atoms with Gasteiger partial charge in [0.2, 0.25) is 0 Å². The van der Waals surface area contributed by atoms with Crippen molar-refractivity contribution >= 4 is 5.96 Å². The molecule has 3 nitrogen and oxygen atoms in total. The molecule has 0 radical (unpaired) electrons. The van der Waals surface area contributed by atoms with Gasteiger partial charge in [0.05, 0.1) is 27.2 Å². The van der Waals surface area contributed by atoms with Crippen LogP contribution in [0.25, 0.3) is 0 Å². The molecular formula is C11H25N3+2. The van der Waals surface area contributed by atoms with Crippen molar-refractivity contribution in [2.24, 2.45) is 0 Å². The molecule has 0 saturated carbocycles. The van der Waals surface area contributed by atoms with E-state index in [1.165, 1.54) is 18.9 Å². The lowest BCUT2D eigenvalue weighted by Gasteiger charge is -2.11. The minimum Gasteiger partial charge on any atom is -0.230 e. The highest BCUT2D eigenvalue weighted by molar-refractivity contribution is 5.67. The second-order valence-corrected chi connectivity index (χ2v) is 4.15. The van der Waals surface area contributed by atoms with Gasteiger partial charge in [0.15, 0.2) is 6.04 Å². The van der Waals surface area contributed by atoms with Crippen LogP contribution in [0.3, 0.4) is 0 Å². The second-order valence-electron chi connectivity index (χ2n) is 4.15. The number of nitrogens with zero attached hydrogens (tertiary/aromatic N) is 2. The highest BCUT2D eigenvalue weighted by Gasteiger charge is 2.42. The minimum atomic E-state index is 0.727. The monoisotopic (exact) mass is 199 g/mol. The summed E-state index contributed by atoms with van der Waals surface area (Å²) in [6.45, 7) is 10.2. The van der Waals surface area contributed by atoms with Crippen LogP contribution in [-0.2, 0) is 0 Å². The predicted molar refractivity (Wildman–Crippen MR) is 59.9 cm³/mol. The average Bonchev–Trinajstić information content (AvgIpc) is 2.46. The zero-order valence-electron chi connectivity index (χ0n) is 10.3. The maximum atomic E-state index is 2.46. The molecule has 0 amide bonds. The Labute approximate surface area is 88.0 Å². The zero-order chi connectivity index (χ0) is 10.7. The van der Waals surface area contributed by atoms with Crippen molar-refractivity contribution in [3.8, 4) is 0 Å². The van der Waals surface area contributed by atoms with E-state index >= 15 is 0 Å². The van der Waals surface area contributed by atoms with Gasteiger partial charge in [0, 0.05) is 0 Å². The lowest BCUT2D eigenvalue weighted by Crippen LogP contribution is -3.11. The molecule has 1 aliphatic heterocycles. The van der Waals surface area contributed by atoms with Gasteiger partial charge in [-0.2, -0.15) is 0 Å². The van der Waals surface area contributed by atoms with Gasteiger partial charge in [-0.15, -0.1) is 0 Å². The van der Waals surface area contributed by atoms with Gasteiger partial charge >= 0.3 is 5.96 Å². The van der Waals surface area contributed by atoms with Crippen LogP contribution in [0.1, 0.15) is 27.2 Å². The molecule has 82 valence electrons. The summed E-state index contributed by atoms with van der Waals surface area (Å²) in [5, 5.41) is 0. The van der Waals surface area contributed by atoms with Crippen LogP contribution in [0.5, 0.6) is 0 Å². The molecule has 2 unspecified atom stereocenters. The third kappa shape index (κ3) is 1.92. The Bertz CT molecular complexity index is 217. The summed E-state index contributed by atoms with van der Waals surface area (Å²) in [5.41, 5.74) is 0. The van der Waals surface area contributed by atoms with Crippen molar-refractivity contribution in [3.05, 3.63) is 0 Å². The van der Waals surface area contributed by atoms with Crippen molar-refractivity contribution < 1.29 is 9.48 Å². The highest BCUT2D eigenvalue weighted by Crippen LogP contribution is 2.03. The molecule has 0 aromatic carbocycles. The first-order chi connectivity index (χ1) is 6.65. The number of hydrogen-bond acceptors (Lipinski definition) is 0. The third-order valence-corrected chi connectivity index (χ3v) is 3.34.